The van der Waals surface area contributed by atoms with Crippen LogP contribution in [0.25, 0.3) is 22.3 Å². The standard InChI is InChI=1S/C22H22N2O5/c1-12(25)23-13-8-9-14(16(26)10-13)19-11-17(27)20-15(6-5-7-18(20)29-19)24-21(28)22(2,3)4/h5-11,26H,1-4H3,(H,23,25)(H,24,28). The van der Waals surface area contributed by atoms with E-state index in [9.17, 15) is 19.5 Å². The van der Waals surface area contributed by atoms with Crippen molar-refractivity contribution in [2.24, 2.45) is 5.41 Å². The second-order valence-corrected chi connectivity index (χ2v) is 7.77. The topological polar surface area (TPSA) is 109 Å². The van der Waals surface area contributed by atoms with Crippen LogP contribution in [0.2, 0.25) is 0 Å². The van der Waals surface area contributed by atoms with E-state index < -0.39 is 5.41 Å². The molecular weight excluding hydrogens is 372 g/mol. The molecule has 0 saturated heterocycles. The summed E-state index contributed by atoms with van der Waals surface area (Å²) in [6.45, 7) is 6.70. The van der Waals surface area contributed by atoms with Crippen molar-refractivity contribution >= 4 is 34.2 Å². The van der Waals surface area contributed by atoms with Gasteiger partial charge in [0.1, 0.15) is 17.1 Å². The van der Waals surface area contributed by atoms with Crippen molar-refractivity contribution < 1.29 is 19.1 Å². The van der Waals surface area contributed by atoms with Crippen molar-refractivity contribution in [1.29, 1.82) is 0 Å². The number of hydrogen-bond donors (Lipinski definition) is 3. The van der Waals surface area contributed by atoms with Crippen LogP contribution < -0.4 is 16.1 Å². The van der Waals surface area contributed by atoms with Crippen LogP contribution in [0.5, 0.6) is 5.75 Å². The lowest BCUT2D eigenvalue weighted by atomic mass is 9.95. The van der Waals surface area contributed by atoms with Crippen LogP contribution in [0.4, 0.5) is 11.4 Å². The second kappa shape index (κ2) is 7.43. The van der Waals surface area contributed by atoms with Gasteiger partial charge in [0.05, 0.1) is 16.6 Å². The summed E-state index contributed by atoms with van der Waals surface area (Å²) in [5.74, 6) is -0.455. The summed E-state index contributed by atoms with van der Waals surface area (Å²) in [5.41, 5.74) is 0.411. The number of carbonyl (C=O) groups excluding carboxylic acids is 2. The first-order valence-corrected chi connectivity index (χ1v) is 9.05. The second-order valence-electron chi connectivity index (χ2n) is 7.77. The van der Waals surface area contributed by atoms with Crippen molar-refractivity contribution in [2.45, 2.75) is 27.7 Å². The van der Waals surface area contributed by atoms with Gasteiger partial charge in [0.15, 0.2) is 5.43 Å². The van der Waals surface area contributed by atoms with Crippen LogP contribution in [0.1, 0.15) is 27.7 Å². The number of benzene rings is 2. The van der Waals surface area contributed by atoms with Gasteiger partial charge in [0.2, 0.25) is 11.8 Å². The number of aromatic hydroxyl groups is 1. The number of hydrogen-bond acceptors (Lipinski definition) is 5. The summed E-state index contributed by atoms with van der Waals surface area (Å²) in [5, 5.41) is 15.9. The molecule has 1 aromatic heterocycles. The molecule has 0 radical (unpaired) electrons. The first-order valence-electron chi connectivity index (χ1n) is 9.05. The maximum atomic E-state index is 12.8. The van der Waals surface area contributed by atoms with Crippen molar-refractivity contribution in [1.82, 2.24) is 0 Å². The number of nitrogens with one attached hydrogen (secondary N) is 2. The number of rotatable bonds is 3. The van der Waals surface area contributed by atoms with Gasteiger partial charge in [-0.3, -0.25) is 14.4 Å². The van der Waals surface area contributed by atoms with Crippen molar-refractivity contribution in [3.8, 4) is 17.1 Å². The quantitative estimate of drug-likeness (QED) is 0.619. The van der Waals surface area contributed by atoms with Gasteiger partial charge in [-0.1, -0.05) is 26.8 Å². The van der Waals surface area contributed by atoms with Crippen LogP contribution in [-0.2, 0) is 9.59 Å². The zero-order valence-corrected chi connectivity index (χ0v) is 16.6. The molecule has 150 valence electrons. The number of phenols is 1. The van der Waals surface area contributed by atoms with E-state index in [4.69, 9.17) is 4.42 Å². The summed E-state index contributed by atoms with van der Waals surface area (Å²) < 4.78 is 5.84. The molecule has 0 fully saturated rings. The van der Waals surface area contributed by atoms with E-state index in [2.05, 4.69) is 10.6 Å². The van der Waals surface area contributed by atoms with Gasteiger partial charge in [-0.05, 0) is 24.3 Å². The van der Waals surface area contributed by atoms with Crippen LogP contribution in [0, 0.1) is 5.41 Å². The van der Waals surface area contributed by atoms with Gasteiger partial charge >= 0.3 is 0 Å². The largest absolute Gasteiger partial charge is 0.507 e. The van der Waals surface area contributed by atoms with Crippen LogP contribution in [0.3, 0.4) is 0 Å². The van der Waals surface area contributed by atoms with Crippen molar-refractivity contribution in [3.05, 3.63) is 52.7 Å². The molecule has 3 rings (SSSR count). The molecule has 1 heterocycles. The normalized spacial score (nSPS) is 11.3. The van der Waals surface area contributed by atoms with Gasteiger partial charge in [0, 0.05) is 30.2 Å². The first kappa shape index (κ1) is 20.1. The lowest BCUT2D eigenvalue weighted by molar-refractivity contribution is -0.123. The van der Waals surface area contributed by atoms with E-state index in [1.54, 1.807) is 51.1 Å². The van der Waals surface area contributed by atoms with Gasteiger partial charge in [0.25, 0.3) is 0 Å². The third-order valence-electron chi connectivity index (χ3n) is 4.27. The Kier molecular flexibility index (Phi) is 5.16. The van der Waals surface area contributed by atoms with Crippen molar-refractivity contribution in [2.75, 3.05) is 10.6 Å². The van der Waals surface area contributed by atoms with E-state index in [1.165, 1.54) is 19.1 Å². The smallest absolute Gasteiger partial charge is 0.229 e. The molecule has 2 amide bonds. The molecule has 0 aliphatic rings. The monoisotopic (exact) mass is 394 g/mol. The van der Waals surface area contributed by atoms with E-state index in [0.29, 0.717) is 16.9 Å². The Morgan fingerprint density at radius 1 is 1.03 bits per heavy atom. The highest BCUT2D eigenvalue weighted by Gasteiger charge is 2.23. The van der Waals surface area contributed by atoms with E-state index >= 15 is 0 Å². The Balaban J connectivity index is 2.06. The van der Waals surface area contributed by atoms with Crippen LogP contribution >= 0.6 is 0 Å². The van der Waals surface area contributed by atoms with Gasteiger partial charge < -0.3 is 20.2 Å². The molecule has 3 aromatic rings. The zero-order chi connectivity index (χ0) is 21.3. The minimum Gasteiger partial charge on any atom is -0.507 e. The average Bonchev–Trinajstić information content (AvgIpc) is 2.60. The molecule has 7 nitrogen and oxygen atoms in total. The molecule has 0 atom stereocenters. The molecule has 0 aliphatic heterocycles. The molecular formula is C22H22N2O5. The van der Waals surface area contributed by atoms with E-state index in [0.717, 1.165) is 0 Å². The predicted molar refractivity (Wildman–Crippen MR) is 112 cm³/mol. The lowest BCUT2D eigenvalue weighted by Gasteiger charge is -2.18. The molecule has 7 heteroatoms. The molecule has 3 N–H and O–H groups in total. The average molecular weight is 394 g/mol. The number of amides is 2. The Hall–Kier alpha value is -3.61. The third-order valence-corrected chi connectivity index (χ3v) is 4.27. The number of phenolic OH excluding ortho intramolecular Hbond substituents is 1. The highest BCUT2D eigenvalue weighted by molar-refractivity contribution is 6.02. The number of fused-ring (bicyclic) bond motifs is 1. The highest BCUT2D eigenvalue weighted by Crippen LogP contribution is 2.33. The molecule has 0 unspecified atom stereocenters. The molecule has 2 aromatic carbocycles. The van der Waals surface area contributed by atoms with E-state index in [1.807, 2.05) is 0 Å². The number of carbonyl (C=O) groups is 2. The summed E-state index contributed by atoms with van der Waals surface area (Å²) in [7, 11) is 0. The Labute approximate surface area is 167 Å². The van der Waals surface area contributed by atoms with Gasteiger partial charge in [-0.15, -0.1) is 0 Å². The SMILES string of the molecule is CC(=O)Nc1ccc(-c2cc(=O)c3c(NC(=O)C(C)(C)C)cccc3o2)c(O)c1. The molecule has 29 heavy (non-hydrogen) atoms. The minimum absolute atomic E-state index is 0.143. The summed E-state index contributed by atoms with van der Waals surface area (Å²) in [6, 6.07) is 10.7. The van der Waals surface area contributed by atoms with Crippen molar-refractivity contribution in [3.63, 3.8) is 0 Å². The summed E-state index contributed by atoms with van der Waals surface area (Å²) >= 11 is 0. The molecule has 0 bridgehead atoms. The van der Waals surface area contributed by atoms with Gasteiger partial charge in [-0.2, -0.15) is 0 Å². The van der Waals surface area contributed by atoms with Crippen LogP contribution in [0.15, 0.2) is 51.7 Å². The molecule has 0 saturated carbocycles. The Bertz CT molecular complexity index is 1170. The fourth-order valence-corrected chi connectivity index (χ4v) is 2.78. The molecule has 0 spiro atoms. The minimum atomic E-state index is -0.621. The van der Waals surface area contributed by atoms with Crippen LogP contribution in [-0.4, -0.2) is 16.9 Å². The predicted octanol–water partition coefficient (Wildman–Crippen LogP) is 4.11. The van der Waals surface area contributed by atoms with E-state index in [-0.39, 0.29) is 39.7 Å². The molecule has 0 aliphatic carbocycles. The summed E-state index contributed by atoms with van der Waals surface area (Å²) in [6.07, 6.45) is 0. The summed E-state index contributed by atoms with van der Waals surface area (Å²) in [4.78, 5) is 36.3. The fourth-order valence-electron chi connectivity index (χ4n) is 2.78. The fraction of sp³-hybridized carbons (Fsp3) is 0.227. The number of anilines is 2. The lowest BCUT2D eigenvalue weighted by Crippen LogP contribution is -2.28. The van der Waals surface area contributed by atoms with Gasteiger partial charge in [-0.25, -0.2) is 0 Å². The zero-order valence-electron chi connectivity index (χ0n) is 16.6. The Morgan fingerprint density at radius 2 is 1.76 bits per heavy atom. The highest BCUT2D eigenvalue weighted by atomic mass is 16.3. The first-order chi connectivity index (χ1) is 13.6. The maximum Gasteiger partial charge on any atom is 0.229 e. The maximum absolute atomic E-state index is 12.8. The Morgan fingerprint density at radius 3 is 2.38 bits per heavy atom. The third kappa shape index (κ3) is 4.29.